The summed E-state index contributed by atoms with van der Waals surface area (Å²) < 4.78 is 19.3. The fourth-order valence-corrected chi connectivity index (χ4v) is 3.83. The van der Waals surface area contributed by atoms with Crippen LogP contribution in [0.2, 0.25) is 0 Å². The Morgan fingerprint density at radius 3 is 2.59 bits per heavy atom. The lowest BCUT2D eigenvalue weighted by molar-refractivity contribution is -0.0589. The molecule has 1 fully saturated rings. The van der Waals surface area contributed by atoms with Crippen LogP contribution in [0.4, 0.5) is 9.18 Å². The standard InChI is InChI=1S/C24H28FNO3/c1-5-13-24(19-9-11-21(25)12-10-19)14-15-26(22(27)29-24)17(2)18-7-6-8-20(16-18)23(3,4)28/h5-12,16-17,28H,1,13-15H2,2-4H3/t17-,24?/m0/s1. The van der Waals surface area contributed by atoms with Crippen molar-refractivity contribution >= 4 is 6.09 Å². The average molecular weight is 397 g/mol. The summed E-state index contributed by atoms with van der Waals surface area (Å²) in [5, 5.41) is 10.3. The highest BCUT2D eigenvalue weighted by Crippen LogP contribution is 2.40. The van der Waals surface area contributed by atoms with Crippen molar-refractivity contribution in [3.05, 3.63) is 83.7 Å². The predicted octanol–water partition coefficient (Wildman–Crippen LogP) is 5.43. The Bertz CT molecular complexity index is 888. The molecule has 1 amide bonds. The number of nitrogens with zero attached hydrogens (tertiary/aromatic N) is 1. The second-order valence-electron chi connectivity index (χ2n) is 8.17. The third kappa shape index (κ3) is 4.35. The summed E-state index contributed by atoms with van der Waals surface area (Å²) in [5.41, 5.74) is 0.694. The van der Waals surface area contributed by atoms with Crippen LogP contribution in [-0.2, 0) is 15.9 Å². The van der Waals surface area contributed by atoms with Gasteiger partial charge in [-0.3, -0.25) is 0 Å². The van der Waals surface area contributed by atoms with Gasteiger partial charge in [0.05, 0.1) is 11.6 Å². The minimum atomic E-state index is -0.958. The van der Waals surface area contributed by atoms with Crippen LogP contribution < -0.4 is 0 Å². The van der Waals surface area contributed by atoms with Gasteiger partial charge in [-0.15, -0.1) is 6.58 Å². The molecule has 4 nitrogen and oxygen atoms in total. The molecule has 0 bridgehead atoms. The lowest BCUT2D eigenvalue weighted by atomic mass is 9.85. The fraction of sp³-hybridized carbons (Fsp3) is 0.375. The third-order valence-electron chi connectivity index (χ3n) is 5.66. The summed E-state index contributed by atoms with van der Waals surface area (Å²) in [7, 11) is 0. The first-order valence-electron chi connectivity index (χ1n) is 9.86. The van der Waals surface area contributed by atoms with Crippen LogP contribution in [-0.4, -0.2) is 22.6 Å². The lowest BCUT2D eigenvalue weighted by Crippen LogP contribution is -2.48. The van der Waals surface area contributed by atoms with Gasteiger partial charge in [-0.1, -0.05) is 42.5 Å². The smallest absolute Gasteiger partial charge is 0.411 e. The molecule has 2 aromatic rings. The molecule has 1 unspecified atom stereocenters. The molecule has 29 heavy (non-hydrogen) atoms. The van der Waals surface area contributed by atoms with E-state index in [0.717, 1.165) is 16.7 Å². The number of rotatable bonds is 6. The van der Waals surface area contributed by atoms with Crippen LogP contribution in [0.15, 0.2) is 61.2 Å². The predicted molar refractivity (Wildman–Crippen MR) is 111 cm³/mol. The Labute approximate surface area is 171 Å². The van der Waals surface area contributed by atoms with Crippen molar-refractivity contribution < 1.29 is 19.0 Å². The van der Waals surface area contributed by atoms with E-state index in [4.69, 9.17) is 4.74 Å². The minimum Gasteiger partial charge on any atom is -0.437 e. The van der Waals surface area contributed by atoms with Crippen molar-refractivity contribution in [1.29, 1.82) is 0 Å². The molecule has 0 aromatic heterocycles. The second-order valence-corrected chi connectivity index (χ2v) is 8.17. The molecule has 1 saturated heterocycles. The molecule has 0 radical (unpaired) electrons. The maximum absolute atomic E-state index is 13.4. The molecule has 0 saturated carbocycles. The topological polar surface area (TPSA) is 49.8 Å². The molecule has 2 aromatic carbocycles. The molecular formula is C24H28FNO3. The van der Waals surface area contributed by atoms with Crippen LogP contribution >= 0.6 is 0 Å². The molecular weight excluding hydrogens is 369 g/mol. The highest BCUT2D eigenvalue weighted by atomic mass is 19.1. The number of carbonyl (C=O) groups is 1. The van der Waals surface area contributed by atoms with E-state index in [1.165, 1.54) is 12.1 Å². The van der Waals surface area contributed by atoms with E-state index in [0.29, 0.717) is 19.4 Å². The second kappa shape index (κ2) is 7.99. The van der Waals surface area contributed by atoms with Gasteiger partial charge in [0.2, 0.25) is 0 Å². The molecule has 1 N–H and O–H groups in total. The molecule has 2 atom stereocenters. The largest absolute Gasteiger partial charge is 0.437 e. The summed E-state index contributed by atoms with van der Waals surface area (Å²) in [6.45, 7) is 9.71. The van der Waals surface area contributed by atoms with E-state index in [9.17, 15) is 14.3 Å². The van der Waals surface area contributed by atoms with Crippen molar-refractivity contribution in [3.8, 4) is 0 Å². The van der Waals surface area contributed by atoms with Gasteiger partial charge < -0.3 is 14.7 Å². The van der Waals surface area contributed by atoms with E-state index in [1.807, 2.05) is 31.2 Å². The molecule has 1 heterocycles. The molecule has 3 rings (SSSR count). The van der Waals surface area contributed by atoms with Crippen LogP contribution in [0.1, 0.15) is 56.3 Å². The van der Waals surface area contributed by atoms with Crippen molar-refractivity contribution in [3.63, 3.8) is 0 Å². The Balaban J connectivity index is 1.84. The van der Waals surface area contributed by atoms with Crippen LogP contribution in [0.3, 0.4) is 0 Å². The van der Waals surface area contributed by atoms with Crippen molar-refractivity contribution in [2.24, 2.45) is 0 Å². The maximum Gasteiger partial charge on any atom is 0.411 e. The van der Waals surface area contributed by atoms with E-state index in [1.54, 1.807) is 37.0 Å². The van der Waals surface area contributed by atoms with Crippen molar-refractivity contribution in [1.82, 2.24) is 4.90 Å². The van der Waals surface area contributed by atoms with Gasteiger partial charge in [-0.05, 0) is 49.6 Å². The van der Waals surface area contributed by atoms with Crippen LogP contribution in [0.25, 0.3) is 0 Å². The summed E-state index contributed by atoms with van der Waals surface area (Å²) in [6.07, 6.45) is 2.35. The molecule has 0 aliphatic carbocycles. The first kappa shape index (κ1) is 21.1. The van der Waals surface area contributed by atoms with Gasteiger partial charge in [0.25, 0.3) is 0 Å². The van der Waals surface area contributed by atoms with E-state index < -0.39 is 17.3 Å². The number of cyclic esters (lactones) is 1. The van der Waals surface area contributed by atoms with Gasteiger partial charge in [0.15, 0.2) is 0 Å². The van der Waals surface area contributed by atoms with Gasteiger partial charge in [-0.2, -0.15) is 0 Å². The van der Waals surface area contributed by atoms with Gasteiger partial charge in [0, 0.05) is 19.4 Å². The number of hydrogen-bond donors (Lipinski definition) is 1. The normalized spacial score (nSPS) is 20.9. The van der Waals surface area contributed by atoms with Crippen molar-refractivity contribution in [2.75, 3.05) is 6.54 Å². The van der Waals surface area contributed by atoms with Crippen molar-refractivity contribution in [2.45, 2.75) is 50.9 Å². The lowest BCUT2D eigenvalue weighted by Gasteiger charge is -2.43. The van der Waals surface area contributed by atoms with Gasteiger partial charge in [-0.25, -0.2) is 9.18 Å². The Morgan fingerprint density at radius 1 is 1.31 bits per heavy atom. The SMILES string of the molecule is C=CCC1(c2ccc(F)cc2)CCN([C@@H](C)c2cccc(C(C)(C)O)c2)C(=O)O1. The van der Waals surface area contributed by atoms with Crippen LogP contribution in [0, 0.1) is 5.82 Å². The van der Waals surface area contributed by atoms with Gasteiger partial charge >= 0.3 is 6.09 Å². The highest BCUT2D eigenvalue weighted by Gasteiger charge is 2.42. The van der Waals surface area contributed by atoms with E-state index in [-0.39, 0.29) is 11.9 Å². The number of ether oxygens (including phenoxy) is 1. The first-order valence-corrected chi connectivity index (χ1v) is 9.86. The summed E-state index contributed by atoms with van der Waals surface area (Å²) in [6, 6.07) is 13.5. The monoisotopic (exact) mass is 397 g/mol. The number of halogens is 1. The van der Waals surface area contributed by atoms with E-state index >= 15 is 0 Å². The minimum absolute atomic E-state index is 0.209. The molecule has 0 spiro atoms. The number of aliphatic hydroxyl groups is 1. The van der Waals surface area contributed by atoms with E-state index in [2.05, 4.69) is 6.58 Å². The molecule has 1 aliphatic heterocycles. The maximum atomic E-state index is 13.4. The number of carbonyl (C=O) groups excluding carboxylic acids is 1. The number of benzene rings is 2. The Hall–Kier alpha value is -2.66. The quantitative estimate of drug-likeness (QED) is 0.662. The molecule has 154 valence electrons. The highest BCUT2D eigenvalue weighted by molar-refractivity contribution is 5.70. The Morgan fingerprint density at radius 2 is 2.00 bits per heavy atom. The zero-order chi connectivity index (χ0) is 21.2. The number of amides is 1. The first-order chi connectivity index (χ1) is 13.7. The summed E-state index contributed by atoms with van der Waals surface area (Å²) >= 11 is 0. The van der Waals surface area contributed by atoms with Gasteiger partial charge in [0.1, 0.15) is 11.4 Å². The summed E-state index contributed by atoms with van der Waals surface area (Å²) in [5.74, 6) is -0.327. The molecule has 1 aliphatic rings. The number of hydrogen-bond acceptors (Lipinski definition) is 3. The average Bonchev–Trinajstić information content (AvgIpc) is 2.68. The fourth-order valence-electron chi connectivity index (χ4n) is 3.83. The van der Waals surface area contributed by atoms with Crippen LogP contribution in [0.5, 0.6) is 0 Å². The zero-order valence-corrected chi connectivity index (χ0v) is 17.2. The summed E-state index contributed by atoms with van der Waals surface area (Å²) in [4.78, 5) is 14.7. The Kier molecular flexibility index (Phi) is 5.80. The zero-order valence-electron chi connectivity index (χ0n) is 17.2. The third-order valence-corrected chi connectivity index (χ3v) is 5.66. The molecule has 5 heteroatoms.